The molecule has 57 heavy (non-hydrogen) atoms. The van der Waals surface area contributed by atoms with E-state index in [1.54, 1.807) is 39.0 Å². The summed E-state index contributed by atoms with van der Waals surface area (Å²) < 4.78 is 62.1. The highest BCUT2D eigenvalue weighted by Gasteiger charge is 2.64. The Morgan fingerprint density at radius 2 is 1.86 bits per heavy atom. The number of alkyl carbamates (subject to hydrolysis) is 1. The van der Waals surface area contributed by atoms with Gasteiger partial charge in [-0.3, -0.25) is 19.1 Å². The summed E-state index contributed by atoms with van der Waals surface area (Å²) in [7, 11) is -2.52. The molecule has 4 heterocycles. The Bertz CT molecular complexity index is 2110. The Morgan fingerprint density at radius 1 is 1.11 bits per heavy atom. The van der Waals surface area contributed by atoms with Crippen LogP contribution in [-0.2, 0) is 29.1 Å². The van der Waals surface area contributed by atoms with E-state index in [0.717, 1.165) is 12.8 Å². The van der Waals surface area contributed by atoms with Crippen LogP contribution in [0.25, 0.3) is 10.9 Å². The Labute approximate surface area is 333 Å². The van der Waals surface area contributed by atoms with Crippen LogP contribution in [0.3, 0.4) is 0 Å². The lowest BCUT2D eigenvalue weighted by Gasteiger charge is -2.38. The van der Waals surface area contributed by atoms with E-state index in [0.29, 0.717) is 53.6 Å². The van der Waals surface area contributed by atoms with Crippen LogP contribution in [0, 0.1) is 18.8 Å². The molecule has 310 valence electrons. The number of sulfonamides is 1. The largest absolute Gasteiger partial charge is 0.497 e. The molecule has 1 spiro atoms. The van der Waals surface area contributed by atoms with Crippen LogP contribution in [0.5, 0.6) is 11.5 Å². The topological polar surface area (TPSA) is 182 Å². The molecule has 3 aliphatic heterocycles. The number of amides is 4. The molecule has 7 atom stereocenters. The van der Waals surface area contributed by atoms with Crippen molar-refractivity contribution < 1.29 is 46.2 Å². The number of nitrogens with one attached hydrogen (secondary N) is 3. The zero-order valence-corrected chi connectivity index (χ0v) is 34.3. The second-order valence-corrected chi connectivity index (χ2v) is 19.4. The number of carbonyl (C=O) groups is 4. The number of allylic oxidation sites excluding steroid dienone is 1. The van der Waals surface area contributed by atoms with Gasteiger partial charge in [-0.1, -0.05) is 38.8 Å². The average molecular weight is 812 g/mol. The number of rotatable bonds is 7. The van der Waals surface area contributed by atoms with Crippen molar-refractivity contribution in [1.29, 1.82) is 0 Å². The number of nitrogens with zero attached hydrogens (tertiary/aromatic N) is 2. The highest BCUT2D eigenvalue weighted by Crippen LogP contribution is 2.52. The van der Waals surface area contributed by atoms with E-state index in [-0.39, 0.29) is 43.9 Å². The van der Waals surface area contributed by atoms with Gasteiger partial charge in [0.05, 0.1) is 29.6 Å². The second-order valence-electron chi connectivity index (χ2n) is 17.2. The van der Waals surface area contributed by atoms with Gasteiger partial charge in [-0.05, 0) is 83.4 Å². The Morgan fingerprint density at radius 3 is 2.56 bits per heavy atom. The van der Waals surface area contributed by atoms with Gasteiger partial charge in [0.2, 0.25) is 21.8 Å². The number of benzene rings is 1. The molecule has 1 aromatic carbocycles. The van der Waals surface area contributed by atoms with Gasteiger partial charge >= 0.3 is 6.09 Å². The first-order valence-electron chi connectivity index (χ1n) is 20.1. The molecule has 0 radical (unpaired) electrons. The third-order valence-electron chi connectivity index (χ3n) is 12.7. The van der Waals surface area contributed by atoms with E-state index >= 15 is 4.39 Å². The van der Waals surface area contributed by atoms with Gasteiger partial charge in [-0.15, -0.1) is 0 Å². The Balaban J connectivity index is 1.25. The van der Waals surface area contributed by atoms with E-state index in [1.807, 2.05) is 26.0 Å². The quantitative estimate of drug-likeness (QED) is 0.314. The van der Waals surface area contributed by atoms with Crippen LogP contribution in [-0.4, -0.2) is 89.8 Å². The van der Waals surface area contributed by atoms with Crippen LogP contribution >= 0.6 is 0 Å². The maximum atomic E-state index is 16.8. The molecule has 2 aliphatic carbocycles. The van der Waals surface area contributed by atoms with Crippen LogP contribution in [0.2, 0.25) is 0 Å². The minimum atomic E-state index is -4.04. The molecule has 3 N–H and O–H groups in total. The van der Waals surface area contributed by atoms with Crippen molar-refractivity contribution in [2.75, 3.05) is 13.7 Å². The standard InChI is InChI=1S/C41H54FN5O9S/c1-23(2)25(4)55-38(51)44-31-13-11-9-7-8-10-12-26-19-41(26,37(50)46-57(52,53)39(5)16-17-39)45-35(48)32-21-40(22-47(32)36(31)49)20-29(42)33-28-18-27(54-6)14-15-30(28)43-24(3)34(33)56-40/h10,12,14-15,18,23,25-26,29,31-32H,7-9,11,13,16-17,19-22H2,1-6H3,(H,44,51)(H,45,48)(H,46,50). The maximum absolute atomic E-state index is 16.8. The first-order valence-corrected chi connectivity index (χ1v) is 21.5. The van der Waals surface area contributed by atoms with Crippen molar-refractivity contribution in [3.63, 3.8) is 0 Å². The SMILES string of the molecule is COc1ccc2nc(C)c3c(c2c1)C(F)CC1(CC2C(=O)NC4(C(=O)NS(=O)(=O)C5(C)CC5)CC4C=CCCCCCC(NC(=O)OC(C)C(C)C)C(=O)N2C1)O3. The number of carbonyl (C=O) groups excluding carboxylic acids is 4. The van der Waals surface area contributed by atoms with Gasteiger partial charge in [-0.2, -0.15) is 0 Å². The monoisotopic (exact) mass is 811 g/mol. The zero-order valence-electron chi connectivity index (χ0n) is 33.5. The normalized spacial score (nSPS) is 30.1. The van der Waals surface area contributed by atoms with Crippen molar-refractivity contribution in [3.8, 4) is 11.5 Å². The van der Waals surface area contributed by atoms with Crippen molar-refractivity contribution in [2.24, 2.45) is 11.8 Å². The third-order valence-corrected chi connectivity index (χ3v) is 14.8. The van der Waals surface area contributed by atoms with Crippen molar-refractivity contribution in [1.82, 2.24) is 25.2 Å². The fraction of sp³-hybridized carbons (Fsp3) is 0.634. The van der Waals surface area contributed by atoms with Crippen molar-refractivity contribution in [3.05, 3.63) is 41.6 Å². The van der Waals surface area contributed by atoms with Gasteiger partial charge < -0.3 is 29.7 Å². The zero-order chi connectivity index (χ0) is 41.1. The summed E-state index contributed by atoms with van der Waals surface area (Å²) in [5, 5.41) is 6.14. The minimum absolute atomic E-state index is 0.0213. The summed E-state index contributed by atoms with van der Waals surface area (Å²) in [6.45, 7) is 8.65. The average Bonchev–Trinajstić information content (AvgIpc) is 4.04. The molecule has 7 rings (SSSR count). The number of ether oxygens (including phenoxy) is 3. The number of hydrogen-bond acceptors (Lipinski definition) is 10. The summed E-state index contributed by atoms with van der Waals surface area (Å²) in [6.07, 6.45) is 4.57. The Kier molecular flexibility index (Phi) is 10.7. The Hall–Kier alpha value is -4.47. The van der Waals surface area contributed by atoms with Crippen molar-refractivity contribution >= 4 is 44.7 Å². The van der Waals surface area contributed by atoms with Crippen molar-refractivity contribution in [2.45, 2.75) is 139 Å². The molecular weight excluding hydrogens is 758 g/mol. The number of halogens is 1. The lowest BCUT2D eigenvalue weighted by atomic mass is 9.86. The van der Waals surface area contributed by atoms with Crippen LogP contribution < -0.4 is 24.8 Å². The number of aromatic nitrogens is 1. The number of pyridine rings is 1. The lowest BCUT2D eigenvalue weighted by molar-refractivity contribution is -0.141. The molecule has 3 fully saturated rings. The first-order chi connectivity index (χ1) is 26.9. The van der Waals surface area contributed by atoms with E-state index in [2.05, 4.69) is 20.3 Å². The van der Waals surface area contributed by atoms with Crippen LogP contribution in [0.1, 0.15) is 109 Å². The van der Waals surface area contributed by atoms with Crippen LogP contribution in [0.15, 0.2) is 30.4 Å². The highest BCUT2D eigenvalue weighted by molar-refractivity contribution is 7.91. The number of hydrogen-bond donors (Lipinski definition) is 3. The predicted octanol–water partition coefficient (Wildman–Crippen LogP) is 5.22. The van der Waals surface area contributed by atoms with Gasteiger partial charge in [0, 0.05) is 29.7 Å². The van der Waals surface area contributed by atoms with E-state index < -0.39 is 80.0 Å². The van der Waals surface area contributed by atoms with E-state index in [9.17, 15) is 27.6 Å². The molecule has 4 amide bonds. The number of aryl methyl sites for hydroxylation is 1. The van der Waals surface area contributed by atoms with Gasteiger partial charge in [0.25, 0.3) is 5.91 Å². The highest BCUT2D eigenvalue weighted by atomic mass is 32.2. The summed E-state index contributed by atoms with van der Waals surface area (Å²) in [4.78, 5) is 62.6. The molecule has 5 aliphatic rings. The second kappa shape index (κ2) is 15.0. The van der Waals surface area contributed by atoms with E-state index in [1.165, 1.54) is 12.0 Å². The number of fused-ring (bicyclic) bond motifs is 5. The fourth-order valence-corrected chi connectivity index (χ4v) is 9.63. The smallest absolute Gasteiger partial charge is 0.408 e. The molecular formula is C41H54FN5O9S. The third kappa shape index (κ3) is 7.77. The van der Waals surface area contributed by atoms with Gasteiger partial charge in [0.1, 0.15) is 47.0 Å². The van der Waals surface area contributed by atoms with Crippen LogP contribution in [0.4, 0.5) is 9.18 Å². The summed E-state index contributed by atoms with van der Waals surface area (Å²) in [5.41, 5.74) is -1.69. The first kappa shape index (κ1) is 40.7. The maximum Gasteiger partial charge on any atom is 0.408 e. The lowest BCUT2D eigenvalue weighted by Crippen LogP contribution is -2.58. The summed E-state index contributed by atoms with van der Waals surface area (Å²) in [5.74, 6) is -1.87. The number of methoxy groups -OCH3 is 1. The molecule has 14 nitrogen and oxygen atoms in total. The summed E-state index contributed by atoms with van der Waals surface area (Å²) >= 11 is 0. The fourth-order valence-electron chi connectivity index (χ4n) is 8.32. The summed E-state index contributed by atoms with van der Waals surface area (Å²) in [6, 6.07) is 2.83. The molecule has 0 bridgehead atoms. The number of alkyl halides is 1. The van der Waals surface area contributed by atoms with Gasteiger partial charge in [0.15, 0.2) is 0 Å². The minimum Gasteiger partial charge on any atom is -0.497 e. The molecule has 16 heteroatoms. The van der Waals surface area contributed by atoms with E-state index in [4.69, 9.17) is 14.2 Å². The molecule has 2 aromatic rings. The predicted molar refractivity (Wildman–Crippen MR) is 209 cm³/mol. The molecule has 1 aromatic heterocycles. The molecule has 2 saturated carbocycles. The van der Waals surface area contributed by atoms with Gasteiger partial charge in [-0.25, -0.2) is 22.6 Å². The molecule has 7 unspecified atom stereocenters. The molecule has 1 saturated heterocycles.